The zero-order valence-electron chi connectivity index (χ0n) is 18.9. The van der Waals surface area contributed by atoms with Crippen molar-refractivity contribution in [2.24, 2.45) is 0 Å². The van der Waals surface area contributed by atoms with E-state index in [4.69, 9.17) is 25.9 Å². The second-order valence-corrected chi connectivity index (χ2v) is 8.58. The molecule has 0 radical (unpaired) electrons. The number of carbonyl (C=O) groups is 2. The number of halogens is 1. The molecule has 2 amide bonds. The molecule has 1 aromatic heterocycles. The molecular weight excluding hydrogens is 460 g/mol. The lowest BCUT2D eigenvalue weighted by molar-refractivity contribution is -0.131. The highest BCUT2D eigenvalue weighted by Crippen LogP contribution is 2.30. The van der Waals surface area contributed by atoms with E-state index in [1.54, 1.807) is 23.1 Å². The van der Waals surface area contributed by atoms with Gasteiger partial charge in [0.2, 0.25) is 17.7 Å². The first kappa shape index (κ1) is 23.7. The number of aromatic nitrogens is 2. The van der Waals surface area contributed by atoms with E-state index in [0.717, 1.165) is 5.56 Å². The van der Waals surface area contributed by atoms with Crippen LogP contribution in [0.2, 0.25) is 5.02 Å². The Bertz CT molecular complexity index is 1200. The number of hydrogen-bond donors (Lipinski definition) is 1. The molecule has 3 aromatic rings. The summed E-state index contributed by atoms with van der Waals surface area (Å²) < 4.78 is 11.0. The van der Waals surface area contributed by atoms with Gasteiger partial charge >= 0.3 is 0 Å². The standard InChI is InChI=1S/C24H25ClN4O5/c1-15(2)23-27-26-21(34-23)13-28-12-16-5-3-4-6-20(16)29(14-22(28)31)24(32)18-8-7-17(11-19(18)25)33-10-9-30/h3-8,11,15,30H,9-10,12-14H2,1-2H3. The molecule has 0 fully saturated rings. The zero-order valence-corrected chi connectivity index (χ0v) is 19.7. The molecule has 0 atom stereocenters. The molecule has 34 heavy (non-hydrogen) atoms. The van der Waals surface area contributed by atoms with Gasteiger partial charge in [0.05, 0.1) is 23.7 Å². The van der Waals surface area contributed by atoms with Crippen molar-refractivity contribution in [2.45, 2.75) is 32.9 Å². The normalized spacial score (nSPS) is 13.7. The van der Waals surface area contributed by atoms with Crippen molar-refractivity contribution in [1.29, 1.82) is 0 Å². The van der Waals surface area contributed by atoms with Gasteiger partial charge in [0, 0.05) is 18.2 Å². The third-order valence-electron chi connectivity index (χ3n) is 5.37. The maximum Gasteiger partial charge on any atom is 0.260 e. The Morgan fingerprint density at radius 1 is 1.21 bits per heavy atom. The number of hydrogen-bond acceptors (Lipinski definition) is 7. The van der Waals surface area contributed by atoms with Crippen molar-refractivity contribution in [3.63, 3.8) is 0 Å². The van der Waals surface area contributed by atoms with Crippen LogP contribution in [0.4, 0.5) is 5.69 Å². The summed E-state index contributed by atoms with van der Waals surface area (Å²) >= 11 is 6.38. The van der Waals surface area contributed by atoms with E-state index in [1.807, 2.05) is 32.0 Å². The van der Waals surface area contributed by atoms with E-state index in [1.165, 1.54) is 11.0 Å². The molecule has 178 valence electrons. The minimum atomic E-state index is -0.402. The molecule has 1 N–H and O–H groups in total. The van der Waals surface area contributed by atoms with Gasteiger partial charge < -0.3 is 19.2 Å². The number of nitrogens with zero attached hydrogens (tertiary/aromatic N) is 4. The van der Waals surface area contributed by atoms with Crippen LogP contribution in [0.1, 0.15) is 47.5 Å². The summed E-state index contributed by atoms with van der Waals surface area (Å²) in [6.45, 7) is 4.15. The van der Waals surface area contributed by atoms with Gasteiger partial charge in [-0.25, -0.2) is 0 Å². The number of para-hydroxylation sites is 1. The van der Waals surface area contributed by atoms with Crippen molar-refractivity contribution < 1.29 is 23.8 Å². The Balaban J connectivity index is 1.61. The first-order valence-electron chi connectivity index (χ1n) is 10.9. The Hall–Kier alpha value is -3.43. The van der Waals surface area contributed by atoms with E-state index >= 15 is 0 Å². The molecule has 1 aliphatic heterocycles. The van der Waals surface area contributed by atoms with Crippen molar-refractivity contribution in [2.75, 3.05) is 24.7 Å². The summed E-state index contributed by atoms with van der Waals surface area (Å²) in [5, 5.41) is 17.2. The third kappa shape index (κ3) is 5.05. The molecule has 2 heterocycles. The zero-order chi connectivity index (χ0) is 24.2. The van der Waals surface area contributed by atoms with E-state index in [2.05, 4.69) is 10.2 Å². The number of aliphatic hydroxyl groups excluding tert-OH is 1. The first-order chi connectivity index (χ1) is 16.4. The van der Waals surface area contributed by atoms with Gasteiger partial charge in [0.15, 0.2) is 0 Å². The van der Waals surface area contributed by atoms with E-state index in [0.29, 0.717) is 29.8 Å². The Labute approximate surface area is 201 Å². The van der Waals surface area contributed by atoms with Gasteiger partial charge in [-0.1, -0.05) is 43.6 Å². The number of ether oxygens (including phenoxy) is 1. The first-order valence-corrected chi connectivity index (χ1v) is 11.3. The number of rotatable bonds is 7. The number of anilines is 1. The molecule has 0 unspecified atom stereocenters. The molecule has 0 saturated carbocycles. The topological polar surface area (TPSA) is 109 Å². The quantitative estimate of drug-likeness (QED) is 0.547. The molecule has 0 bridgehead atoms. The SMILES string of the molecule is CC(C)c1nnc(CN2Cc3ccccc3N(C(=O)c3ccc(OCCO)cc3Cl)CC2=O)o1. The lowest BCUT2D eigenvalue weighted by Gasteiger charge is -2.23. The van der Waals surface area contributed by atoms with Gasteiger partial charge in [-0.05, 0) is 29.8 Å². The largest absolute Gasteiger partial charge is 0.491 e. The second kappa shape index (κ2) is 10.2. The van der Waals surface area contributed by atoms with E-state index < -0.39 is 5.91 Å². The number of carbonyl (C=O) groups excluding carboxylic acids is 2. The average molecular weight is 485 g/mol. The van der Waals surface area contributed by atoms with Crippen LogP contribution in [-0.4, -0.2) is 51.8 Å². The van der Waals surface area contributed by atoms with Gasteiger partial charge in [-0.2, -0.15) is 0 Å². The van der Waals surface area contributed by atoms with Crippen molar-refractivity contribution in [3.8, 4) is 5.75 Å². The molecule has 0 spiro atoms. The summed E-state index contributed by atoms with van der Waals surface area (Å²) in [6, 6.07) is 12.0. The lowest BCUT2D eigenvalue weighted by atomic mass is 10.1. The van der Waals surface area contributed by atoms with Crippen LogP contribution in [0.3, 0.4) is 0 Å². The molecule has 2 aromatic carbocycles. The van der Waals surface area contributed by atoms with Crippen LogP contribution < -0.4 is 9.64 Å². The lowest BCUT2D eigenvalue weighted by Crippen LogP contribution is -2.40. The van der Waals surface area contributed by atoms with Gasteiger partial charge in [0.25, 0.3) is 5.91 Å². The van der Waals surface area contributed by atoms with E-state index in [-0.39, 0.29) is 48.7 Å². The average Bonchev–Trinajstić information content (AvgIpc) is 3.24. The highest BCUT2D eigenvalue weighted by atomic mass is 35.5. The fraction of sp³-hybridized carbons (Fsp3) is 0.333. The predicted octanol–water partition coefficient (Wildman–Crippen LogP) is 3.41. The fourth-order valence-corrected chi connectivity index (χ4v) is 3.89. The summed E-state index contributed by atoms with van der Waals surface area (Å²) in [4.78, 5) is 29.7. The van der Waals surface area contributed by atoms with Crippen LogP contribution in [0.5, 0.6) is 5.75 Å². The molecule has 9 nitrogen and oxygen atoms in total. The van der Waals surface area contributed by atoms with Crippen LogP contribution in [0, 0.1) is 0 Å². The third-order valence-corrected chi connectivity index (χ3v) is 5.68. The van der Waals surface area contributed by atoms with E-state index in [9.17, 15) is 9.59 Å². The number of aliphatic hydroxyl groups is 1. The summed E-state index contributed by atoms with van der Waals surface area (Å²) in [6.07, 6.45) is 0. The molecule has 0 saturated heterocycles. The molecule has 1 aliphatic rings. The smallest absolute Gasteiger partial charge is 0.260 e. The number of amides is 2. The Morgan fingerprint density at radius 3 is 2.71 bits per heavy atom. The minimum absolute atomic E-state index is 0.0834. The van der Waals surface area contributed by atoms with Crippen molar-refractivity contribution >= 4 is 29.1 Å². The van der Waals surface area contributed by atoms with Crippen LogP contribution in [0.25, 0.3) is 0 Å². The Morgan fingerprint density at radius 2 is 2.00 bits per heavy atom. The highest BCUT2D eigenvalue weighted by Gasteiger charge is 2.31. The maximum absolute atomic E-state index is 13.5. The molecule has 0 aliphatic carbocycles. The summed E-state index contributed by atoms with van der Waals surface area (Å²) in [5.41, 5.74) is 1.69. The highest BCUT2D eigenvalue weighted by molar-refractivity contribution is 6.34. The summed E-state index contributed by atoms with van der Waals surface area (Å²) in [7, 11) is 0. The number of fused-ring (bicyclic) bond motifs is 1. The van der Waals surface area contributed by atoms with Gasteiger partial charge in [-0.15, -0.1) is 10.2 Å². The van der Waals surface area contributed by atoms with Gasteiger partial charge in [-0.3, -0.25) is 14.5 Å². The minimum Gasteiger partial charge on any atom is -0.491 e. The monoisotopic (exact) mass is 484 g/mol. The molecule has 4 rings (SSSR count). The maximum atomic E-state index is 13.5. The van der Waals surface area contributed by atoms with Crippen molar-refractivity contribution in [3.05, 3.63) is 70.4 Å². The molecular formula is C24H25ClN4O5. The fourth-order valence-electron chi connectivity index (χ4n) is 3.64. The van der Waals surface area contributed by atoms with Gasteiger partial charge in [0.1, 0.15) is 18.9 Å². The number of benzene rings is 2. The second-order valence-electron chi connectivity index (χ2n) is 8.17. The molecule has 10 heteroatoms. The van der Waals surface area contributed by atoms with Crippen LogP contribution >= 0.6 is 11.6 Å². The van der Waals surface area contributed by atoms with Crippen molar-refractivity contribution in [1.82, 2.24) is 15.1 Å². The predicted molar refractivity (Wildman–Crippen MR) is 125 cm³/mol. The van der Waals surface area contributed by atoms with Crippen LogP contribution in [-0.2, 0) is 17.9 Å². The van der Waals surface area contributed by atoms with Crippen LogP contribution in [0.15, 0.2) is 46.9 Å². The summed E-state index contributed by atoms with van der Waals surface area (Å²) in [5.74, 6) is 0.718. The Kier molecular flexibility index (Phi) is 7.14.